The van der Waals surface area contributed by atoms with Gasteiger partial charge in [0.05, 0.1) is 0 Å². The van der Waals surface area contributed by atoms with Crippen molar-refractivity contribution in [2.75, 3.05) is 19.3 Å². The van der Waals surface area contributed by atoms with Gasteiger partial charge in [-0.2, -0.15) is 11.8 Å². The predicted octanol–water partition coefficient (Wildman–Crippen LogP) is 2.41. The van der Waals surface area contributed by atoms with Crippen LogP contribution in [0.2, 0.25) is 0 Å². The van der Waals surface area contributed by atoms with E-state index < -0.39 is 12.0 Å². The lowest BCUT2D eigenvalue weighted by Crippen LogP contribution is -2.53. The van der Waals surface area contributed by atoms with Crippen LogP contribution in [0.15, 0.2) is 0 Å². The van der Waals surface area contributed by atoms with Gasteiger partial charge >= 0.3 is 12.0 Å². The number of likely N-dealkylation sites (tertiary alicyclic amines) is 1. The maximum Gasteiger partial charge on any atom is 0.326 e. The van der Waals surface area contributed by atoms with Crippen LogP contribution >= 0.6 is 11.8 Å². The van der Waals surface area contributed by atoms with Gasteiger partial charge in [-0.05, 0) is 31.4 Å². The van der Waals surface area contributed by atoms with Gasteiger partial charge in [-0.15, -0.1) is 0 Å². The molecule has 1 aliphatic heterocycles. The van der Waals surface area contributed by atoms with Gasteiger partial charge in [0.15, 0.2) is 0 Å². The molecular weight excluding hydrogens is 276 g/mol. The third kappa shape index (κ3) is 4.89. The number of piperidine rings is 1. The van der Waals surface area contributed by atoms with E-state index in [1.54, 1.807) is 11.8 Å². The maximum atomic E-state index is 12.1. The van der Waals surface area contributed by atoms with E-state index in [1.165, 1.54) is 4.90 Å². The number of thioether (sulfide) groups is 1. The zero-order valence-electron chi connectivity index (χ0n) is 12.6. The molecule has 2 N–H and O–H groups in total. The van der Waals surface area contributed by atoms with Crippen molar-refractivity contribution < 1.29 is 14.7 Å². The molecule has 0 aromatic heterocycles. The van der Waals surface area contributed by atoms with Crippen molar-refractivity contribution in [3.63, 3.8) is 0 Å². The van der Waals surface area contributed by atoms with Crippen LogP contribution in [0.3, 0.4) is 0 Å². The molecule has 1 saturated heterocycles. The summed E-state index contributed by atoms with van der Waals surface area (Å²) in [6.45, 7) is 5.33. The average Bonchev–Trinajstić information content (AvgIpc) is 2.45. The number of amides is 2. The fourth-order valence-electron chi connectivity index (χ4n) is 2.49. The number of aliphatic carboxylic acids is 1. The van der Waals surface area contributed by atoms with Crippen molar-refractivity contribution in [1.29, 1.82) is 0 Å². The Balaban J connectivity index is 2.50. The fraction of sp³-hybridized carbons (Fsp3) is 0.857. The van der Waals surface area contributed by atoms with Crippen molar-refractivity contribution in [2.45, 2.75) is 50.8 Å². The number of carboxylic acid groups (broad SMARTS) is 1. The number of hydrogen-bond acceptors (Lipinski definition) is 3. The first-order valence-electron chi connectivity index (χ1n) is 7.29. The minimum atomic E-state index is -0.893. The van der Waals surface area contributed by atoms with Gasteiger partial charge in [0.2, 0.25) is 0 Å². The molecule has 0 aromatic rings. The van der Waals surface area contributed by atoms with Crippen LogP contribution in [0, 0.1) is 5.92 Å². The van der Waals surface area contributed by atoms with Crippen LogP contribution < -0.4 is 5.32 Å². The van der Waals surface area contributed by atoms with E-state index in [-0.39, 0.29) is 6.03 Å². The van der Waals surface area contributed by atoms with E-state index in [4.69, 9.17) is 0 Å². The van der Waals surface area contributed by atoms with Gasteiger partial charge in [-0.3, -0.25) is 0 Å². The van der Waals surface area contributed by atoms with E-state index in [9.17, 15) is 14.7 Å². The Labute approximate surface area is 125 Å². The zero-order valence-corrected chi connectivity index (χ0v) is 13.4. The molecule has 20 heavy (non-hydrogen) atoms. The molecule has 0 spiro atoms. The largest absolute Gasteiger partial charge is 0.480 e. The standard InChI is InChI=1S/C14H26N2O3S/c1-4-11-6-8-16(12(9-11)13(17)18)14(19)15-7-5-10(2)20-3/h10-12H,4-9H2,1-3H3,(H,15,19)(H,17,18). The molecule has 0 bridgehead atoms. The van der Waals surface area contributed by atoms with Gasteiger partial charge in [0, 0.05) is 18.3 Å². The van der Waals surface area contributed by atoms with Crippen molar-refractivity contribution in [3.05, 3.63) is 0 Å². The molecule has 6 heteroatoms. The van der Waals surface area contributed by atoms with Crippen LogP contribution in [-0.2, 0) is 4.79 Å². The average molecular weight is 302 g/mol. The Morgan fingerprint density at radius 3 is 2.75 bits per heavy atom. The Kier molecular flexibility index (Phi) is 7.19. The van der Waals surface area contributed by atoms with Crippen molar-refractivity contribution >= 4 is 23.8 Å². The normalized spacial score (nSPS) is 24.2. The van der Waals surface area contributed by atoms with Gasteiger partial charge in [0.1, 0.15) is 6.04 Å². The van der Waals surface area contributed by atoms with Gasteiger partial charge in [0.25, 0.3) is 0 Å². The Morgan fingerprint density at radius 2 is 2.20 bits per heavy atom. The highest BCUT2D eigenvalue weighted by Crippen LogP contribution is 2.25. The summed E-state index contributed by atoms with van der Waals surface area (Å²) >= 11 is 1.76. The smallest absolute Gasteiger partial charge is 0.326 e. The number of rotatable bonds is 6. The second-order valence-corrected chi connectivity index (χ2v) is 6.69. The van der Waals surface area contributed by atoms with Crippen LogP contribution in [0.25, 0.3) is 0 Å². The first-order valence-corrected chi connectivity index (χ1v) is 8.58. The minimum Gasteiger partial charge on any atom is -0.480 e. The fourth-order valence-corrected chi connectivity index (χ4v) is 2.84. The molecule has 2 amide bonds. The van der Waals surface area contributed by atoms with Crippen LogP contribution in [0.1, 0.15) is 39.5 Å². The molecule has 0 aromatic carbocycles. The van der Waals surface area contributed by atoms with Crippen LogP contribution in [0.4, 0.5) is 4.79 Å². The number of nitrogens with zero attached hydrogens (tertiary/aromatic N) is 1. The molecule has 1 fully saturated rings. The molecule has 5 nitrogen and oxygen atoms in total. The van der Waals surface area contributed by atoms with E-state index in [2.05, 4.69) is 19.2 Å². The molecule has 0 saturated carbocycles. The quantitative estimate of drug-likeness (QED) is 0.790. The van der Waals surface area contributed by atoms with E-state index >= 15 is 0 Å². The summed E-state index contributed by atoms with van der Waals surface area (Å²) in [5.74, 6) is -0.479. The number of nitrogens with one attached hydrogen (secondary N) is 1. The number of carboxylic acids is 1. The summed E-state index contributed by atoms with van der Waals surface area (Å²) in [5, 5.41) is 12.6. The van der Waals surface area contributed by atoms with E-state index in [1.807, 2.05) is 6.26 Å². The first-order chi connectivity index (χ1) is 9.49. The summed E-state index contributed by atoms with van der Waals surface area (Å²) < 4.78 is 0. The highest BCUT2D eigenvalue weighted by atomic mass is 32.2. The molecule has 0 radical (unpaired) electrons. The van der Waals surface area contributed by atoms with E-state index in [0.717, 1.165) is 19.3 Å². The highest BCUT2D eigenvalue weighted by molar-refractivity contribution is 7.99. The summed E-state index contributed by atoms with van der Waals surface area (Å²) in [5.41, 5.74) is 0. The predicted molar refractivity (Wildman–Crippen MR) is 82.1 cm³/mol. The molecule has 1 heterocycles. The summed E-state index contributed by atoms with van der Waals surface area (Å²) in [6.07, 6.45) is 5.39. The molecule has 3 atom stereocenters. The maximum absolute atomic E-state index is 12.1. The monoisotopic (exact) mass is 302 g/mol. The number of carbonyl (C=O) groups is 2. The van der Waals surface area contributed by atoms with Gasteiger partial charge in [-0.1, -0.05) is 20.3 Å². The second-order valence-electron chi connectivity index (χ2n) is 5.41. The first kappa shape index (κ1) is 17.1. The van der Waals surface area contributed by atoms with Crippen molar-refractivity contribution in [3.8, 4) is 0 Å². The number of carbonyl (C=O) groups excluding carboxylic acids is 1. The molecule has 1 aliphatic rings. The lowest BCUT2D eigenvalue weighted by molar-refractivity contribution is -0.144. The number of urea groups is 1. The minimum absolute atomic E-state index is 0.236. The zero-order chi connectivity index (χ0) is 15.1. The van der Waals surface area contributed by atoms with E-state index in [0.29, 0.717) is 30.7 Å². The second kappa shape index (κ2) is 8.39. The topological polar surface area (TPSA) is 69.6 Å². The molecule has 0 aliphatic carbocycles. The summed E-state index contributed by atoms with van der Waals surface area (Å²) in [7, 11) is 0. The lowest BCUT2D eigenvalue weighted by Gasteiger charge is -2.36. The Bertz CT molecular complexity index is 338. The summed E-state index contributed by atoms with van der Waals surface area (Å²) in [6, 6.07) is -0.910. The summed E-state index contributed by atoms with van der Waals surface area (Å²) in [4.78, 5) is 24.9. The number of hydrogen-bond donors (Lipinski definition) is 2. The van der Waals surface area contributed by atoms with Crippen LogP contribution in [-0.4, -0.2) is 52.6 Å². The van der Waals surface area contributed by atoms with Crippen molar-refractivity contribution in [1.82, 2.24) is 10.2 Å². The third-order valence-corrected chi connectivity index (χ3v) is 5.10. The van der Waals surface area contributed by atoms with Gasteiger partial charge in [-0.25, -0.2) is 9.59 Å². The lowest BCUT2D eigenvalue weighted by atomic mass is 9.89. The van der Waals surface area contributed by atoms with Gasteiger partial charge < -0.3 is 15.3 Å². The Morgan fingerprint density at radius 1 is 1.50 bits per heavy atom. The molecular formula is C14H26N2O3S. The van der Waals surface area contributed by atoms with Crippen molar-refractivity contribution in [2.24, 2.45) is 5.92 Å². The SMILES string of the molecule is CCC1CCN(C(=O)NCCC(C)SC)C(C(=O)O)C1. The Hall–Kier alpha value is -0.910. The molecule has 3 unspecified atom stereocenters. The molecule has 1 rings (SSSR count). The molecule has 116 valence electrons. The van der Waals surface area contributed by atoms with Crippen LogP contribution in [0.5, 0.6) is 0 Å². The highest BCUT2D eigenvalue weighted by Gasteiger charge is 2.35. The third-order valence-electron chi connectivity index (χ3n) is 4.06.